The Hall–Kier alpha value is -1.55. The third kappa shape index (κ3) is 3.23. The summed E-state index contributed by atoms with van der Waals surface area (Å²) in [6, 6.07) is 7.91. The van der Waals surface area contributed by atoms with Gasteiger partial charge in [0.05, 0.1) is 5.92 Å². The molecule has 0 aliphatic carbocycles. The summed E-state index contributed by atoms with van der Waals surface area (Å²) in [7, 11) is 3.98. The maximum Gasteiger partial charge on any atom is 0.228 e. The number of piperidine rings is 1. The van der Waals surface area contributed by atoms with E-state index in [2.05, 4.69) is 10.6 Å². The van der Waals surface area contributed by atoms with Crippen molar-refractivity contribution < 1.29 is 4.79 Å². The molecule has 1 aliphatic rings. The highest BCUT2D eigenvalue weighted by Gasteiger charge is 2.20. The quantitative estimate of drug-likeness (QED) is 0.854. The average Bonchev–Trinajstić information content (AvgIpc) is 2.40. The number of anilines is 2. The van der Waals surface area contributed by atoms with Crippen LogP contribution in [0.5, 0.6) is 0 Å². The van der Waals surface area contributed by atoms with Crippen molar-refractivity contribution in [3.8, 4) is 0 Å². The minimum Gasteiger partial charge on any atom is -0.378 e. The molecule has 2 rings (SSSR count). The summed E-state index contributed by atoms with van der Waals surface area (Å²) in [6.07, 6.45) is 2.06. The van der Waals surface area contributed by atoms with Gasteiger partial charge in [0.2, 0.25) is 5.91 Å². The number of nitrogens with one attached hydrogen (secondary N) is 2. The van der Waals surface area contributed by atoms with Crippen LogP contribution in [0.15, 0.2) is 24.3 Å². The summed E-state index contributed by atoms with van der Waals surface area (Å²) < 4.78 is 0. The van der Waals surface area contributed by atoms with Crippen molar-refractivity contribution in [1.29, 1.82) is 0 Å². The Morgan fingerprint density at radius 2 is 2.28 bits per heavy atom. The standard InChI is InChI=1S/C14H21N3O/c1-17(2)13-7-3-6-12(9-13)16-14(18)11-5-4-8-15-10-11/h3,6-7,9,11,15H,4-5,8,10H2,1-2H3,(H,16,18)/t11-/m1/s1. The molecule has 0 unspecified atom stereocenters. The number of nitrogens with zero attached hydrogens (tertiary/aromatic N) is 1. The molecule has 4 nitrogen and oxygen atoms in total. The van der Waals surface area contributed by atoms with Crippen LogP contribution in [0, 0.1) is 5.92 Å². The van der Waals surface area contributed by atoms with E-state index in [1.807, 2.05) is 43.3 Å². The van der Waals surface area contributed by atoms with Crippen LogP contribution in [-0.2, 0) is 4.79 Å². The second kappa shape index (κ2) is 5.87. The van der Waals surface area contributed by atoms with Crippen LogP contribution >= 0.6 is 0 Å². The van der Waals surface area contributed by atoms with Gasteiger partial charge in [-0.1, -0.05) is 6.07 Å². The van der Waals surface area contributed by atoms with Gasteiger partial charge in [-0.3, -0.25) is 4.79 Å². The summed E-state index contributed by atoms with van der Waals surface area (Å²) in [5.41, 5.74) is 1.96. The van der Waals surface area contributed by atoms with Gasteiger partial charge in [0.25, 0.3) is 0 Å². The zero-order valence-corrected chi connectivity index (χ0v) is 11.1. The number of carbonyl (C=O) groups excluding carboxylic acids is 1. The van der Waals surface area contributed by atoms with Crippen LogP contribution in [0.25, 0.3) is 0 Å². The highest BCUT2D eigenvalue weighted by Crippen LogP contribution is 2.19. The lowest BCUT2D eigenvalue weighted by atomic mass is 9.99. The smallest absolute Gasteiger partial charge is 0.228 e. The van der Waals surface area contributed by atoms with Crippen LogP contribution in [0.1, 0.15) is 12.8 Å². The van der Waals surface area contributed by atoms with Gasteiger partial charge in [0.1, 0.15) is 0 Å². The molecule has 0 spiro atoms. The van der Waals surface area contributed by atoms with Crippen LogP contribution < -0.4 is 15.5 Å². The molecule has 1 heterocycles. The van der Waals surface area contributed by atoms with E-state index in [0.29, 0.717) is 0 Å². The topological polar surface area (TPSA) is 44.4 Å². The van der Waals surface area contributed by atoms with E-state index in [9.17, 15) is 4.79 Å². The van der Waals surface area contributed by atoms with Gasteiger partial charge < -0.3 is 15.5 Å². The van der Waals surface area contributed by atoms with Crippen LogP contribution in [0.3, 0.4) is 0 Å². The molecule has 1 aromatic rings. The fourth-order valence-electron chi connectivity index (χ4n) is 2.18. The SMILES string of the molecule is CN(C)c1cccc(NC(=O)[C@@H]2CCCNC2)c1. The average molecular weight is 247 g/mol. The van der Waals surface area contributed by atoms with Crippen molar-refractivity contribution in [3.63, 3.8) is 0 Å². The summed E-state index contributed by atoms with van der Waals surface area (Å²) in [4.78, 5) is 14.1. The Kier molecular flexibility index (Phi) is 4.20. The molecule has 1 amide bonds. The predicted octanol–water partition coefficient (Wildman–Crippen LogP) is 1.69. The zero-order chi connectivity index (χ0) is 13.0. The molecule has 1 fully saturated rings. The number of benzene rings is 1. The number of carbonyl (C=O) groups is 1. The van der Waals surface area contributed by atoms with Crippen LogP contribution in [-0.4, -0.2) is 33.1 Å². The van der Waals surface area contributed by atoms with Crippen LogP contribution in [0.2, 0.25) is 0 Å². The molecule has 0 bridgehead atoms. The lowest BCUT2D eigenvalue weighted by Gasteiger charge is -2.22. The molecule has 98 valence electrons. The van der Waals surface area contributed by atoms with Gasteiger partial charge in [-0.15, -0.1) is 0 Å². The van der Waals surface area contributed by atoms with E-state index in [1.54, 1.807) is 0 Å². The molecule has 1 aromatic carbocycles. The highest BCUT2D eigenvalue weighted by atomic mass is 16.1. The molecular weight excluding hydrogens is 226 g/mol. The molecule has 18 heavy (non-hydrogen) atoms. The Bertz CT molecular complexity index is 411. The van der Waals surface area contributed by atoms with Crippen molar-refractivity contribution in [2.45, 2.75) is 12.8 Å². The third-order valence-electron chi connectivity index (χ3n) is 3.30. The minimum absolute atomic E-state index is 0.0989. The fraction of sp³-hybridized carbons (Fsp3) is 0.500. The largest absolute Gasteiger partial charge is 0.378 e. The molecule has 0 aromatic heterocycles. The number of hydrogen-bond donors (Lipinski definition) is 2. The first-order valence-corrected chi connectivity index (χ1v) is 6.46. The molecule has 0 radical (unpaired) electrons. The minimum atomic E-state index is 0.0989. The van der Waals surface area contributed by atoms with E-state index in [1.165, 1.54) is 0 Å². The summed E-state index contributed by atoms with van der Waals surface area (Å²) in [5, 5.41) is 6.26. The lowest BCUT2D eigenvalue weighted by Crippen LogP contribution is -2.37. The molecule has 0 saturated carbocycles. The van der Waals surface area contributed by atoms with Crippen molar-refractivity contribution in [3.05, 3.63) is 24.3 Å². The van der Waals surface area contributed by atoms with Crippen molar-refractivity contribution in [2.75, 3.05) is 37.4 Å². The first kappa shape index (κ1) is 12.9. The molecule has 1 aliphatic heterocycles. The maximum atomic E-state index is 12.1. The van der Waals surface area contributed by atoms with E-state index < -0.39 is 0 Å². The number of amides is 1. The maximum absolute atomic E-state index is 12.1. The van der Waals surface area contributed by atoms with Crippen molar-refractivity contribution >= 4 is 17.3 Å². The van der Waals surface area contributed by atoms with E-state index in [4.69, 9.17) is 0 Å². The molecule has 4 heteroatoms. The summed E-state index contributed by atoms with van der Waals surface area (Å²) in [6.45, 7) is 1.82. The molecule has 1 atom stereocenters. The van der Waals surface area contributed by atoms with E-state index in [-0.39, 0.29) is 11.8 Å². The Morgan fingerprint density at radius 1 is 1.44 bits per heavy atom. The summed E-state index contributed by atoms with van der Waals surface area (Å²) in [5.74, 6) is 0.222. The van der Waals surface area contributed by atoms with E-state index in [0.717, 1.165) is 37.3 Å². The van der Waals surface area contributed by atoms with Crippen molar-refractivity contribution in [1.82, 2.24) is 5.32 Å². The van der Waals surface area contributed by atoms with E-state index >= 15 is 0 Å². The van der Waals surface area contributed by atoms with Gasteiger partial charge in [-0.2, -0.15) is 0 Å². The number of rotatable bonds is 3. The first-order valence-electron chi connectivity index (χ1n) is 6.46. The zero-order valence-electron chi connectivity index (χ0n) is 11.1. The summed E-state index contributed by atoms with van der Waals surface area (Å²) >= 11 is 0. The van der Waals surface area contributed by atoms with Gasteiger partial charge >= 0.3 is 0 Å². The normalized spacial score (nSPS) is 19.3. The Labute approximate surface area is 108 Å². The third-order valence-corrected chi connectivity index (χ3v) is 3.30. The van der Waals surface area contributed by atoms with Gasteiger partial charge in [0, 0.05) is 32.0 Å². The molecule has 1 saturated heterocycles. The second-order valence-electron chi connectivity index (χ2n) is 4.98. The number of hydrogen-bond acceptors (Lipinski definition) is 3. The molecule has 2 N–H and O–H groups in total. The highest BCUT2D eigenvalue weighted by molar-refractivity contribution is 5.93. The predicted molar refractivity (Wildman–Crippen MR) is 75.0 cm³/mol. The van der Waals surface area contributed by atoms with Crippen LogP contribution in [0.4, 0.5) is 11.4 Å². The van der Waals surface area contributed by atoms with Gasteiger partial charge in [-0.05, 0) is 37.6 Å². The lowest BCUT2D eigenvalue weighted by molar-refractivity contribution is -0.120. The second-order valence-corrected chi connectivity index (χ2v) is 4.98. The van der Waals surface area contributed by atoms with Gasteiger partial charge in [0.15, 0.2) is 0 Å². The fourth-order valence-corrected chi connectivity index (χ4v) is 2.18. The van der Waals surface area contributed by atoms with Crippen molar-refractivity contribution in [2.24, 2.45) is 5.92 Å². The monoisotopic (exact) mass is 247 g/mol. The first-order chi connectivity index (χ1) is 8.66. The Morgan fingerprint density at radius 3 is 2.94 bits per heavy atom. The Balaban J connectivity index is 1.99. The molecular formula is C14H21N3O. The van der Waals surface area contributed by atoms with Gasteiger partial charge in [-0.25, -0.2) is 0 Å².